The molecule has 1 atom stereocenters. The summed E-state index contributed by atoms with van der Waals surface area (Å²) in [5.41, 5.74) is 5.04. The van der Waals surface area contributed by atoms with Crippen LogP contribution in [0.4, 0.5) is 0 Å². The zero-order valence-electron chi connectivity index (χ0n) is 12.7. The lowest BCUT2D eigenvalue weighted by Crippen LogP contribution is -2.18. The Kier molecular flexibility index (Phi) is 5.69. The van der Waals surface area contributed by atoms with Gasteiger partial charge in [-0.05, 0) is 48.2 Å². The SMILES string of the molecule is CCc1ccc(C(NC)c2cccc(Cl)c2Cl)cc1CC. The summed E-state index contributed by atoms with van der Waals surface area (Å²) in [7, 11) is 1.95. The van der Waals surface area contributed by atoms with Gasteiger partial charge >= 0.3 is 0 Å². The lowest BCUT2D eigenvalue weighted by molar-refractivity contribution is 0.690. The van der Waals surface area contributed by atoms with Crippen molar-refractivity contribution in [2.75, 3.05) is 7.05 Å². The molecule has 2 rings (SSSR count). The number of hydrogen-bond acceptors (Lipinski definition) is 1. The van der Waals surface area contributed by atoms with Crippen molar-refractivity contribution in [2.45, 2.75) is 32.7 Å². The fraction of sp³-hybridized carbons (Fsp3) is 0.333. The van der Waals surface area contributed by atoms with E-state index in [-0.39, 0.29) is 6.04 Å². The molecule has 0 saturated carbocycles. The summed E-state index contributed by atoms with van der Waals surface area (Å²) < 4.78 is 0. The Balaban J connectivity index is 2.49. The summed E-state index contributed by atoms with van der Waals surface area (Å²) in [6, 6.07) is 12.5. The minimum atomic E-state index is 0.0485. The molecule has 2 aromatic rings. The Morgan fingerprint density at radius 3 is 2.33 bits per heavy atom. The second kappa shape index (κ2) is 7.31. The largest absolute Gasteiger partial charge is 0.309 e. The zero-order valence-corrected chi connectivity index (χ0v) is 14.2. The maximum atomic E-state index is 6.38. The quantitative estimate of drug-likeness (QED) is 0.774. The first kappa shape index (κ1) is 16.4. The van der Waals surface area contributed by atoms with Crippen molar-refractivity contribution in [2.24, 2.45) is 0 Å². The topological polar surface area (TPSA) is 12.0 Å². The molecule has 3 heteroatoms. The van der Waals surface area contributed by atoms with E-state index in [2.05, 4.69) is 37.4 Å². The third-order valence-corrected chi connectivity index (χ3v) is 4.74. The first-order valence-electron chi connectivity index (χ1n) is 7.35. The molecule has 0 fully saturated rings. The van der Waals surface area contributed by atoms with Gasteiger partial charge in [0, 0.05) is 0 Å². The molecule has 0 bridgehead atoms. The van der Waals surface area contributed by atoms with Crippen molar-refractivity contribution >= 4 is 23.2 Å². The van der Waals surface area contributed by atoms with Crippen molar-refractivity contribution in [1.29, 1.82) is 0 Å². The van der Waals surface area contributed by atoms with E-state index in [1.54, 1.807) is 0 Å². The molecule has 0 aliphatic carbocycles. The van der Waals surface area contributed by atoms with Gasteiger partial charge < -0.3 is 5.32 Å². The van der Waals surface area contributed by atoms with Gasteiger partial charge in [-0.15, -0.1) is 0 Å². The van der Waals surface area contributed by atoms with Crippen LogP contribution in [0.15, 0.2) is 36.4 Å². The maximum Gasteiger partial charge on any atom is 0.0643 e. The molecule has 1 N–H and O–H groups in total. The molecule has 0 heterocycles. The van der Waals surface area contributed by atoms with Gasteiger partial charge in [-0.2, -0.15) is 0 Å². The molecule has 2 aromatic carbocycles. The van der Waals surface area contributed by atoms with Crippen molar-refractivity contribution in [3.63, 3.8) is 0 Å². The van der Waals surface area contributed by atoms with E-state index in [0.29, 0.717) is 10.0 Å². The summed E-state index contributed by atoms with van der Waals surface area (Å²) in [5, 5.41) is 4.56. The fourth-order valence-electron chi connectivity index (χ4n) is 2.74. The van der Waals surface area contributed by atoms with Crippen LogP contribution in [0.5, 0.6) is 0 Å². The average molecular weight is 322 g/mol. The fourth-order valence-corrected chi connectivity index (χ4v) is 3.16. The number of aryl methyl sites for hydroxylation is 2. The second-order valence-corrected chi connectivity index (χ2v) is 5.89. The van der Waals surface area contributed by atoms with E-state index < -0.39 is 0 Å². The second-order valence-electron chi connectivity index (χ2n) is 5.10. The Morgan fingerprint density at radius 1 is 1.00 bits per heavy atom. The van der Waals surface area contributed by atoms with Crippen molar-refractivity contribution in [1.82, 2.24) is 5.32 Å². The van der Waals surface area contributed by atoms with Crippen LogP contribution >= 0.6 is 23.2 Å². The lowest BCUT2D eigenvalue weighted by Gasteiger charge is -2.21. The molecule has 0 amide bonds. The molecule has 112 valence electrons. The van der Waals surface area contributed by atoms with Crippen molar-refractivity contribution < 1.29 is 0 Å². The molecule has 0 spiro atoms. The highest BCUT2D eigenvalue weighted by Gasteiger charge is 2.17. The van der Waals surface area contributed by atoms with E-state index in [0.717, 1.165) is 18.4 Å². The highest BCUT2D eigenvalue weighted by atomic mass is 35.5. The van der Waals surface area contributed by atoms with Crippen LogP contribution in [0.3, 0.4) is 0 Å². The summed E-state index contributed by atoms with van der Waals surface area (Å²) in [5.74, 6) is 0. The molecule has 1 unspecified atom stereocenters. The standard InChI is InChI=1S/C18H21Cl2N/c1-4-12-9-10-14(11-13(12)5-2)18(21-3)15-7-6-8-16(19)17(15)20/h6-11,18,21H,4-5H2,1-3H3. The van der Waals surface area contributed by atoms with Crippen molar-refractivity contribution in [3.05, 3.63) is 68.7 Å². The number of rotatable bonds is 5. The van der Waals surface area contributed by atoms with Gasteiger partial charge in [0.05, 0.1) is 16.1 Å². The third-order valence-electron chi connectivity index (χ3n) is 3.91. The molecule has 0 radical (unpaired) electrons. The summed E-state index contributed by atoms with van der Waals surface area (Å²) >= 11 is 12.5. The molecule has 0 aliphatic heterocycles. The molecule has 0 saturated heterocycles. The highest BCUT2D eigenvalue weighted by Crippen LogP contribution is 2.33. The first-order chi connectivity index (χ1) is 10.1. The summed E-state index contributed by atoms with van der Waals surface area (Å²) in [4.78, 5) is 0. The van der Waals surface area contributed by atoms with Gasteiger partial charge in [0.2, 0.25) is 0 Å². The van der Waals surface area contributed by atoms with Gasteiger partial charge in [-0.25, -0.2) is 0 Å². The minimum Gasteiger partial charge on any atom is -0.309 e. The Morgan fingerprint density at radius 2 is 1.71 bits per heavy atom. The maximum absolute atomic E-state index is 6.38. The molecular formula is C18H21Cl2N. The number of hydrogen-bond donors (Lipinski definition) is 1. The van der Waals surface area contributed by atoms with Crippen LogP contribution in [0.1, 0.15) is 42.1 Å². The van der Waals surface area contributed by atoms with E-state index in [4.69, 9.17) is 23.2 Å². The molecule has 0 aromatic heterocycles. The van der Waals surface area contributed by atoms with Crippen LogP contribution in [0.25, 0.3) is 0 Å². The van der Waals surface area contributed by atoms with Gasteiger partial charge in [-0.1, -0.05) is 67.4 Å². The van der Waals surface area contributed by atoms with Crippen LogP contribution < -0.4 is 5.32 Å². The number of halogens is 2. The van der Waals surface area contributed by atoms with Gasteiger partial charge in [0.25, 0.3) is 0 Å². The Bertz CT molecular complexity index is 623. The number of benzene rings is 2. The van der Waals surface area contributed by atoms with Crippen LogP contribution in [0, 0.1) is 0 Å². The van der Waals surface area contributed by atoms with E-state index in [9.17, 15) is 0 Å². The van der Waals surface area contributed by atoms with E-state index in [1.807, 2.05) is 25.2 Å². The molecular weight excluding hydrogens is 301 g/mol. The molecule has 0 aliphatic rings. The van der Waals surface area contributed by atoms with Gasteiger partial charge in [-0.3, -0.25) is 0 Å². The first-order valence-corrected chi connectivity index (χ1v) is 8.10. The smallest absolute Gasteiger partial charge is 0.0643 e. The average Bonchev–Trinajstić information content (AvgIpc) is 2.51. The van der Waals surface area contributed by atoms with Crippen LogP contribution in [-0.4, -0.2) is 7.05 Å². The monoisotopic (exact) mass is 321 g/mol. The van der Waals surface area contributed by atoms with Crippen LogP contribution in [-0.2, 0) is 12.8 Å². The minimum absolute atomic E-state index is 0.0485. The van der Waals surface area contributed by atoms with E-state index in [1.165, 1.54) is 16.7 Å². The van der Waals surface area contributed by atoms with E-state index >= 15 is 0 Å². The predicted molar refractivity (Wildman–Crippen MR) is 92.6 cm³/mol. The lowest BCUT2D eigenvalue weighted by atomic mass is 9.93. The Hall–Kier alpha value is -1.02. The number of nitrogens with one attached hydrogen (secondary N) is 1. The highest BCUT2D eigenvalue weighted by molar-refractivity contribution is 6.42. The summed E-state index contributed by atoms with van der Waals surface area (Å²) in [6.07, 6.45) is 2.10. The normalized spacial score (nSPS) is 12.4. The van der Waals surface area contributed by atoms with Crippen LogP contribution in [0.2, 0.25) is 10.0 Å². The summed E-state index contributed by atoms with van der Waals surface area (Å²) in [6.45, 7) is 4.39. The Labute approximate surface area is 137 Å². The zero-order chi connectivity index (χ0) is 15.4. The predicted octanol–water partition coefficient (Wildman–Crippen LogP) is 5.43. The van der Waals surface area contributed by atoms with Gasteiger partial charge in [0.15, 0.2) is 0 Å². The van der Waals surface area contributed by atoms with Crippen molar-refractivity contribution in [3.8, 4) is 0 Å². The third kappa shape index (κ3) is 3.42. The molecule has 21 heavy (non-hydrogen) atoms. The van der Waals surface area contributed by atoms with Gasteiger partial charge in [0.1, 0.15) is 0 Å². The molecule has 1 nitrogen and oxygen atoms in total.